The van der Waals surface area contributed by atoms with Gasteiger partial charge in [-0.25, -0.2) is 0 Å². The van der Waals surface area contributed by atoms with Crippen molar-refractivity contribution in [3.05, 3.63) is 58.6 Å². The van der Waals surface area contributed by atoms with Crippen LogP contribution in [-0.4, -0.2) is 10.2 Å². The van der Waals surface area contributed by atoms with Crippen LogP contribution < -0.4 is 0 Å². The molecule has 0 aliphatic heterocycles. The molecule has 0 bridgehead atoms. The van der Waals surface area contributed by atoms with Crippen molar-refractivity contribution >= 4 is 15.9 Å². The van der Waals surface area contributed by atoms with Gasteiger partial charge in [0.2, 0.25) is 11.8 Å². The summed E-state index contributed by atoms with van der Waals surface area (Å²) >= 11 is 3.52. The maximum atomic E-state index is 5.72. The third-order valence-electron chi connectivity index (χ3n) is 2.80. The van der Waals surface area contributed by atoms with Gasteiger partial charge in [-0.1, -0.05) is 24.3 Å². The molecule has 0 atom stereocenters. The third kappa shape index (κ3) is 2.44. The summed E-state index contributed by atoms with van der Waals surface area (Å²) in [5.74, 6) is 1.05. The molecule has 1 heterocycles. The molecule has 0 aliphatic rings. The standard InChI is InChI=1S/C15H11BrN2O/c1-10-7-8-12(13(16)9-10)15-18-17-14(19-15)11-5-3-2-4-6-11/h2-9H,1H3. The molecule has 94 valence electrons. The molecule has 0 spiro atoms. The van der Waals surface area contributed by atoms with E-state index >= 15 is 0 Å². The molecule has 4 heteroatoms. The zero-order chi connectivity index (χ0) is 13.2. The SMILES string of the molecule is Cc1ccc(-c2nnc(-c3ccccc3)o2)c(Br)c1. The first kappa shape index (κ1) is 12.1. The summed E-state index contributed by atoms with van der Waals surface area (Å²) in [6.45, 7) is 2.04. The first-order valence-corrected chi connectivity index (χ1v) is 6.69. The highest BCUT2D eigenvalue weighted by Crippen LogP contribution is 2.30. The number of nitrogens with zero attached hydrogens (tertiary/aromatic N) is 2. The van der Waals surface area contributed by atoms with Gasteiger partial charge in [-0.05, 0) is 52.7 Å². The van der Waals surface area contributed by atoms with E-state index in [1.165, 1.54) is 5.56 Å². The van der Waals surface area contributed by atoms with Gasteiger partial charge in [-0.2, -0.15) is 0 Å². The second-order valence-corrected chi connectivity index (χ2v) is 5.12. The lowest BCUT2D eigenvalue weighted by Gasteiger charge is -2.00. The smallest absolute Gasteiger partial charge is 0.249 e. The van der Waals surface area contributed by atoms with E-state index in [0.29, 0.717) is 11.8 Å². The molecule has 1 aromatic heterocycles. The van der Waals surface area contributed by atoms with Crippen LogP contribution in [0.3, 0.4) is 0 Å². The summed E-state index contributed by atoms with van der Waals surface area (Å²) in [6.07, 6.45) is 0. The van der Waals surface area contributed by atoms with Crippen LogP contribution in [0.5, 0.6) is 0 Å². The molecule has 0 saturated heterocycles. The second-order valence-electron chi connectivity index (χ2n) is 4.26. The number of hydrogen-bond acceptors (Lipinski definition) is 3. The van der Waals surface area contributed by atoms with E-state index in [1.807, 2.05) is 55.5 Å². The number of aryl methyl sites for hydroxylation is 1. The van der Waals surface area contributed by atoms with Gasteiger partial charge in [0.05, 0.1) is 5.56 Å². The molecule has 0 amide bonds. The van der Waals surface area contributed by atoms with Gasteiger partial charge in [-0.3, -0.25) is 0 Å². The Hall–Kier alpha value is -1.94. The average Bonchev–Trinajstić information content (AvgIpc) is 2.89. The lowest BCUT2D eigenvalue weighted by Crippen LogP contribution is -1.81. The van der Waals surface area contributed by atoms with Crippen molar-refractivity contribution in [3.63, 3.8) is 0 Å². The molecule has 3 nitrogen and oxygen atoms in total. The fraction of sp³-hybridized carbons (Fsp3) is 0.0667. The lowest BCUT2D eigenvalue weighted by molar-refractivity contribution is 0.584. The predicted molar refractivity (Wildman–Crippen MR) is 77.6 cm³/mol. The van der Waals surface area contributed by atoms with Crippen molar-refractivity contribution in [1.29, 1.82) is 0 Å². The van der Waals surface area contributed by atoms with Crippen molar-refractivity contribution in [2.45, 2.75) is 6.92 Å². The average molecular weight is 315 g/mol. The van der Waals surface area contributed by atoms with Crippen molar-refractivity contribution in [2.24, 2.45) is 0 Å². The summed E-state index contributed by atoms with van der Waals surface area (Å²) in [6, 6.07) is 15.8. The minimum atomic E-state index is 0.519. The molecule has 0 N–H and O–H groups in total. The van der Waals surface area contributed by atoms with Gasteiger partial charge in [0.15, 0.2) is 0 Å². The molecule has 0 fully saturated rings. The molecular weight excluding hydrogens is 304 g/mol. The van der Waals surface area contributed by atoms with Crippen LogP contribution in [0, 0.1) is 6.92 Å². The summed E-state index contributed by atoms with van der Waals surface area (Å²) in [7, 11) is 0. The monoisotopic (exact) mass is 314 g/mol. The molecule has 0 saturated carbocycles. The van der Waals surface area contributed by atoms with Crippen LogP contribution in [0.15, 0.2) is 57.4 Å². The Morgan fingerprint density at radius 1 is 0.947 bits per heavy atom. The fourth-order valence-corrected chi connectivity index (χ4v) is 2.49. The maximum absolute atomic E-state index is 5.72. The Morgan fingerprint density at radius 3 is 2.42 bits per heavy atom. The molecule has 2 aromatic carbocycles. The Bertz CT molecular complexity index is 707. The summed E-state index contributed by atoms with van der Waals surface area (Å²) in [5.41, 5.74) is 3.00. The van der Waals surface area contributed by atoms with Crippen LogP contribution in [0.4, 0.5) is 0 Å². The number of hydrogen-bond donors (Lipinski definition) is 0. The minimum Gasteiger partial charge on any atom is -0.416 e. The van der Waals surface area contributed by atoms with Gasteiger partial charge in [-0.15, -0.1) is 10.2 Å². The number of rotatable bonds is 2. The van der Waals surface area contributed by atoms with E-state index < -0.39 is 0 Å². The van der Waals surface area contributed by atoms with Crippen LogP contribution in [0.1, 0.15) is 5.56 Å². The van der Waals surface area contributed by atoms with E-state index in [9.17, 15) is 0 Å². The van der Waals surface area contributed by atoms with E-state index in [2.05, 4.69) is 26.1 Å². The summed E-state index contributed by atoms with van der Waals surface area (Å²) in [5, 5.41) is 8.20. The zero-order valence-corrected chi connectivity index (χ0v) is 11.9. The Balaban J connectivity index is 2.02. The first-order chi connectivity index (χ1) is 9.24. The Labute approximate surface area is 119 Å². The van der Waals surface area contributed by atoms with Crippen LogP contribution in [0.2, 0.25) is 0 Å². The summed E-state index contributed by atoms with van der Waals surface area (Å²) < 4.78 is 6.68. The summed E-state index contributed by atoms with van der Waals surface area (Å²) in [4.78, 5) is 0. The van der Waals surface area contributed by atoms with Gasteiger partial charge in [0.1, 0.15) is 0 Å². The van der Waals surface area contributed by atoms with Gasteiger partial charge >= 0.3 is 0 Å². The molecule has 3 rings (SSSR count). The minimum absolute atomic E-state index is 0.519. The largest absolute Gasteiger partial charge is 0.416 e. The number of halogens is 1. The second kappa shape index (κ2) is 4.97. The molecular formula is C15H11BrN2O. The quantitative estimate of drug-likeness (QED) is 0.700. The van der Waals surface area contributed by atoms with E-state index in [1.54, 1.807) is 0 Å². The molecule has 0 unspecified atom stereocenters. The predicted octanol–water partition coefficient (Wildman–Crippen LogP) is 4.47. The lowest BCUT2D eigenvalue weighted by atomic mass is 10.1. The highest BCUT2D eigenvalue weighted by Gasteiger charge is 2.12. The van der Waals surface area contributed by atoms with Crippen molar-refractivity contribution < 1.29 is 4.42 Å². The molecule has 3 aromatic rings. The normalized spacial score (nSPS) is 10.6. The molecule has 19 heavy (non-hydrogen) atoms. The van der Waals surface area contributed by atoms with Gasteiger partial charge in [0.25, 0.3) is 0 Å². The van der Waals surface area contributed by atoms with E-state index in [4.69, 9.17) is 4.42 Å². The Kier molecular flexibility index (Phi) is 3.17. The molecule has 0 aliphatic carbocycles. The van der Waals surface area contributed by atoms with E-state index in [-0.39, 0.29) is 0 Å². The van der Waals surface area contributed by atoms with Crippen LogP contribution in [-0.2, 0) is 0 Å². The highest BCUT2D eigenvalue weighted by atomic mass is 79.9. The van der Waals surface area contributed by atoms with Crippen molar-refractivity contribution in [1.82, 2.24) is 10.2 Å². The van der Waals surface area contributed by atoms with Crippen molar-refractivity contribution in [3.8, 4) is 22.9 Å². The van der Waals surface area contributed by atoms with Gasteiger partial charge in [0, 0.05) is 10.0 Å². The van der Waals surface area contributed by atoms with Crippen LogP contribution >= 0.6 is 15.9 Å². The van der Waals surface area contributed by atoms with E-state index in [0.717, 1.165) is 15.6 Å². The number of aromatic nitrogens is 2. The topological polar surface area (TPSA) is 38.9 Å². The third-order valence-corrected chi connectivity index (χ3v) is 3.46. The number of benzene rings is 2. The fourth-order valence-electron chi connectivity index (χ4n) is 1.82. The Morgan fingerprint density at radius 2 is 1.68 bits per heavy atom. The van der Waals surface area contributed by atoms with Crippen molar-refractivity contribution in [2.75, 3.05) is 0 Å². The maximum Gasteiger partial charge on any atom is 0.249 e. The van der Waals surface area contributed by atoms with Crippen LogP contribution in [0.25, 0.3) is 22.9 Å². The van der Waals surface area contributed by atoms with Gasteiger partial charge < -0.3 is 4.42 Å². The highest BCUT2D eigenvalue weighted by molar-refractivity contribution is 9.10. The molecule has 0 radical (unpaired) electrons. The first-order valence-electron chi connectivity index (χ1n) is 5.89. The zero-order valence-electron chi connectivity index (χ0n) is 10.3.